The van der Waals surface area contributed by atoms with Crippen LogP contribution in [0.1, 0.15) is 26.7 Å². The lowest BCUT2D eigenvalue weighted by molar-refractivity contribution is -0.147. The van der Waals surface area contributed by atoms with Crippen molar-refractivity contribution < 1.29 is 18.8 Å². The summed E-state index contributed by atoms with van der Waals surface area (Å²) in [4.78, 5) is 23.3. The monoisotopic (exact) mass is 272 g/mol. The number of hydrogen-bond donors (Lipinski definition) is 0. The van der Waals surface area contributed by atoms with Gasteiger partial charge in [0.1, 0.15) is 12.5 Å². The van der Waals surface area contributed by atoms with Crippen molar-refractivity contribution in [1.82, 2.24) is 0 Å². The van der Waals surface area contributed by atoms with E-state index in [4.69, 9.17) is 9.16 Å². The highest BCUT2D eigenvalue weighted by Crippen LogP contribution is 2.13. The highest BCUT2D eigenvalue weighted by atomic mass is 28.4. The van der Waals surface area contributed by atoms with Gasteiger partial charge in [0.15, 0.2) is 14.1 Å². The van der Waals surface area contributed by atoms with E-state index in [1.807, 2.05) is 38.7 Å². The van der Waals surface area contributed by atoms with Crippen LogP contribution in [0.2, 0.25) is 19.6 Å². The molecule has 0 aromatic carbocycles. The molecule has 4 nitrogen and oxygen atoms in total. The van der Waals surface area contributed by atoms with E-state index in [0.29, 0.717) is 13.0 Å². The molecule has 0 heterocycles. The number of rotatable bonds is 8. The van der Waals surface area contributed by atoms with Crippen LogP contribution in [0, 0.1) is 0 Å². The maximum absolute atomic E-state index is 12.0. The van der Waals surface area contributed by atoms with Gasteiger partial charge in [-0.2, -0.15) is 0 Å². The molecule has 0 aromatic rings. The summed E-state index contributed by atoms with van der Waals surface area (Å²) in [7, 11) is -1.81. The van der Waals surface area contributed by atoms with Crippen LogP contribution >= 0.6 is 0 Å². The van der Waals surface area contributed by atoms with Crippen molar-refractivity contribution in [2.75, 3.05) is 6.61 Å². The zero-order chi connectivity index (χ0) is 14.2. The molecule has 0 rings (SSSR count). The van der Waals surface area contributed by atoms with Crippen molar-refractivity contribution in [3.63, 3.8) is 0 Å². The van der Waals surface area contributed by atoms with Gasteiger partial charge in [-0.15, -0.1) is 0 Å². The van der Waals surface area contributed by atoms with Crippen LogP contribution in [0.5, 0.6) is 0 Å². The second-order valence-electron chi connectivity index (χ2n) is 4.97. The highest BCUT2D eigenvalue weighted by Gasteiger charge is 2.27. The number of hydrogen-bond acceptors (Lipinski definition) is 4. The summed E-state index contributed by atoms with van der Waals surface area (Å²) in [6.45, 7) is 9.97. The van der Waals surface area contributed by atoms with Crippen molar-refractivity contribution in [3.8, 4) is 0 Å². The lowest BCUT2D eigenvalue weighted by atomic mass is 10.1. The van der Waals surface area contributed by atoms with Gasteiger partial charge in [-0.25, -0.2) is 0 Å². The fourth-order valence-corrected chi connectivity index (χ4v) is 2.48. The van der Waals surface area contributed by atoms with Gasteiger partial charge in [0.25, 0.3) is 0 Å². The van der Waals surface area contributed by atoms with E-state index in [-0.39, 0.29) is 12.2 Å². The Morgan fingerprint density at radius 3 is 2.33 bits per heavy atom. The zero-order valence-corrected chi connectivity index (χ0v) is 13.0. The summed E-state index contributed by atoms with van der Waals surface area (Å²) in [5.41, 5.74) is 0. The fourth-order valence-electron chi connectivity index (χ4n) is 1.40. The Labute approximate surface area is 110 Å². The molecular formula is C13H24O4Si. The van der Waals surface area contributed by atoms with Crippen molar-refractivity contribution in [1.29, 1.82) is 0 Å². The van der Waals surface area contributed by atoms with Crippen LogP contribution < -0.4 is 0 Å². The molecule has 0 aromatic heterocycles. The van der Waals surface area contributed by atoms with Crippen LogP contribution in [0.3, 0.4) is 0 Å². The summed E-state index contributed by atoms with van der Waals surface area (Å²) >= 11 is 0. The second-order valence-corrected chi connectivity index (χ2v) is 9.43. The summed E-state index contributed by atoms with van der Waals surface area (Å²) in [5, 5.41) is 0. The van der Waals surface area contributed by atoms with Gasteiger partial charge in [0.2, 0.25) is 0 Å². The molecule has 0 saturated carbocycles. The molecule has 0 saturated heterocycles. The van der Waals surface area contributed by atoms with E-state index in [9.17, 15) is 9.59 Å². The number of carbonyl (C=O) groups excluding carboxylic acids is 2. The molecule has 18 heavy (non-hydrogen) atoms. The molecule has 0 radical (unpaired) electrons. The lowest BCUT2D eigenvalue weighted by Gasteiger charge is -2.24. The minimum atomic E-state index is -1.81. The average molecular weight is 272 g/mol. The third kappa shape index (κ3) is 8.19. The van der Waals surface area contributed by atoms with E-state index in [2.05, 4.69) is 0 Å². The van der Waals surface area contributed by atoms with Gasteiger partial charge in [-0.3, -0.25) is 9.59 Å². The summed E-state index contributed by atoms with van der Waals surface area (Å²) in [6, 6.07) is 0. The Morgan fingerprint density at radius 2 is 1.89 bits per heavy atom. The van der Waals surface area contributed by atoms with Crippen molar-refractivity contribution >= 4 is 20.1 Å². The maximum atomic E-state index is 12.0. The molecule has 0 aliphatic carbocycles. The van der Waals surface area contributed by atoms with E-state index < -0.39 is 20.4 Å². The van der Waals surface area contributed by atoms with E-state index >= 15 is 0 Å². The van der Waals surface area contributed by atoms with Gasteiger partial charge in [-0.1, -0.05) is 12.2 Å². The molecule has 0 bridgehead atoms. The number of ketones is 1. The first-order valence-corrected chi connectivity index (χ1v) is 9.68. The summed E-state index contributed by atoms with van der Waals surface area (Å²) < 4.78 is 10.6. The molecule has 1 unspecified atom stereocenters. The van der Waals surface area contributed by atoms with Gasteiger partial charge in [0.05, 0.1) is 6.61 Å². The lowest BCUT2D eigenvalue weighted by Crippen LogP contribution is -2.37. The Bertz CT molecular complexity index is 305. The number of Topliss-reactive ketones (excluding diaryl/α,β-unsaturated/α-hetero) is 1. The van der Waals surface area contributed by atoms with Gasteiger partial charge < -0.3 is 9.16 Å². The van der Waals surface area contributed by atoms with E-state index in [1.54, 1.807) is 6.92 Å². The molecular weight excluding hydrogens is 248 g/mol. The standard InChI is InChI=1S/C13H24O4Si/c1-6-8-9-12(17-18(3,4)5)11(14)10-13(15)16-7-2/h6,8,12H,7,9-10H2,1-5H3/b8-6+. The normalized spacial score (nSPS) is 13.6. The largest absolute Gasteiger partial charge is 0.466 e. The van der Waals surface area contributed by atoms with Crippen LogP contribution in [0.4, 0.5) is 0 Å². The van der Waals surface area contributed by atoms with Crippen LogP contribution in [0.15, 0.2) is 12.2 Å². The first-order chi connectivity index (χ1) is 8.30. The third-order valence-corrected chi connectivity index (χ3v) is 3.06. The van der Waals surface area contributed by atoms with Crippen molar-refractivity contribution in [2.45, 2.75) is 52.4 Å². The number of esters is 1. The van der Waals surface area contributed by atoms with E-state index in [0.717, 1.165) is 0 Å². The van der Waals surface area contributed by atoms with Gasteiger partial charge in [0, 0.05) is 0 Å². The van der Waals surface area contributed by atoms with E-state index in [1.165, 1.54) is 0 Å². The predicted molar refractivity (Wildman–Crippen MR) is 73.9 cm³/mol. The third-order valence-electron chi connectivity index (χ3n) is 2.06. The minimum absolute atomic E-state index is 0.200. The quantitative estimate of drug-likeness (QED) is 0.295. The molecule has 0 aliphatic rings. The molecule has 104 valence electrons. The topological polar surface area (TPSA) is 52.6 Å². The smallest absolute Gasteiger partial charge is 0.313 e. The van der Waals surface area contributed by atoms with Crippen LogP contribution in [-0.4, -0.2) is 32.8 Å². The Kier molecular flexibility index (Phi) is 7.78. The molecule has 0 fully saturated rings. The summed E-state index contributed by atoms with van der Waals surface area (Å²) in [6.07, 6.45) is 3.53. The van der Waals surface area contributed by atoms with Crippen molar-refractivity contribution in [2.24, 2.45) is 0 Å². The van der Waals surface area contributed by atoms with Crippen LogP contribution in [-0.2, 0) is 18.8 Å². The van der Waals surface area contributed by atoms with Crippen molar-refractivity contribution in [3.05, 3.63) is 12.2 Å². The second kappa shape index (κ2) is 8.21. The number of allylic oxidation sites excluding steroid dienone is 1. The molecule has 1 atom stereocenters. The highest BCUT2D eigenvalue weighted by molar-refractivity contribution is 6.69. The zero-order valence-electron chi connectivity index (χ0n) is 12.0. The van der Waals surface area contributed by atoms with Crippen LogP contribution in [0.25, 0.3) is 0 Å². The first-order valence-electron chi connectivity index (χ1n) is 6.27. The Morgan fingerprint density at radius 1 is 1.28 bits per heavy atom. The SMILES string of the molecule is C/C=C/CC(O[Si](C)(C)C)C(=O)CC(=O)OCC. The van der Waals surface area contributed by atoms with Gasteiger partial charge in [-0.05, 0) is 39.9 Å². The Hall–Kier alpha value is -0.943. The minimum Gasteiger partial charge on any atom is -0.466 e. The maximum Gasteiger partial charge on any atom is 0.313 e. The first kappa shape index (κ1) is 17.1. The predicted octanol–water partition coefficient (Wildman–Crippen LogP) is 2.70. The summed E-state index contributed by atoms with van der Waals surface area (Å²) in [5.74, 6) is -0.680. The average Bonchev–Trinajstić information content (AvgIpc) is 2.22. The molecule has 0 amide bonds. The number of carbonyl (C=O) groups is 2. The molecule has 5 heteroatoms. The molecule has 0 aliphatic heterocycles. The fraction of sp³-hybridized carbons (Fsp3) is 0.692. The molecule has 0 spiro atoms. The molecule has 0 N–H and O–H groups in total. The Balaban J connectivity index is 4.54. The van der Waals surface area contributed by atoms with Gasteiger partial charge >= 0.3 is 5.97 Å². The number of ether oxygens (including phenoxy) is 1.